The van der Waals surface area contributed by atoms with Gasteiger partial charge in [0.15, 0.2) is 0 Å². The molecule has 152 valence electrons. The van der Waals surface area contributed by atoms with Gasteiger partial charge in [-0.15, -0.1) is 0 Å². The second kappa shape index (κ2) is 6.11. The Labute approximate surface area is 173 Å². The normalized spacial score (nSPS) is 41.3. The van der Waals surface area contributed by atoms with Crippen molar-refractivity contribution in [3.05, 3.63) is 53.8 Å². The van der Waals surface area contributed by atoms with Crippen molar-refractivity contribution >= 4 is 16.5 Å². The summed E-state index contributed by atoms with van der Waals surface area (Å²) in [6.45, 7) is 5.01. The van der Waals surface area contributed by atoms with Crippen LogP contribution in [0.15, 0.2) is 52.5 Å². The van der Waals surface area contributed by atoms with Crippen molar-refractivity contribution in [2.75, 3.05) is 0 Å². The lowest BCUT2D eigenvalue weighted by molar-refractivity contribution is -0.0240. The molecular weight excluding hydrogens is 356 g/mol. The van der Waals surface area contributed by atoms with E-state index in [1.54, 1.807) is 5.57 Å². The van der Waals surface area contributed by atoms with Gasteiger partial charge >= 0.3 is 0 Å². The standard InChI is InChI=1S/C27H32O2/c1-26-13-11-19(28)16-18(26)7-8-20-21-9-10-23(27(21,2)14-12-22(20)26)25-15-17-5-3-4-6-24(17)29-25/h3-7,10,15,19-22,28H,8-9,11-14,16H2,1-2H3/t19-,20-,21-,22-,26-,27-/m0/s1. The third-order valence-corrected chi connectivity index (χ3v) is 9.35. The van der Waals surface area contributed by atoms with Crippen molar-refractivity contribution in [2.45, 2.75) is 64.9 Å². The van der Waals surface area contributed by atoms with E-state index in [1.165, 1.54) is 36.6 Å². The van der Waals surface area contributed by atoms with E-state index in [0.29, 0.717) is 11.3 Å². The molecular formula is C27H32O2. The predicted molar refractivity (Wildman–Crippen MR) is 117 cm³/mol. The van der Waals surface area contributed by atoms with E-state index < -0.39 is 0 Å². The summed E-state index contributed by atoms with van der Waals surface area (Å²) in [6, 6.07) is 10.6. The van der Waals surface area contributed by atoms with Crippen LogP contribution in [0.4, 0.5) is 0 Å². The van der Waals surface area contributed by atoms with Gasteiger partial charge in [-0.3, -0.25) is 0 Å². The quantitative estimate of drug-likeness (QED) is 0.548. The van der Waals surface area contributed by atoms with Crippen molar-refractivity contribution in [1.82, 2.24) is 0 Å². The van der Waals surface area contributed by atoms with Gasteiger partial charge in [0, 0.05) is 5.39 Å². The van der Waals surface area contributed by atoms with E-state index in [0.717, 1.165) is 42.4 Å². The first kappa shape index (κ1) is 18.0. The number of furan rings is 1. The van der Waals surface area contributed by atoms with Gasteiger partial charge in [-0.1, -0.05) is 49.8 Å². The zero-order valence-electron chi connectivity index (χ0n) is 17.7. The van der Waals surface area contributed by atoms with Gasteiger partial charge in [-0.2, -0.15) is 0 Å². The van der Waals surface area contributed by atoms with Gasteiger partial charge in [0.05, 0.1) is 6.10 Å². The lowest BCUT2D eigenvalue weighted by Gasteiger charge is -2.57. The van der Waals surface area contributed by atoms with Crippen molar-refractivity contribution < 1.29 is 9.52 Å². The molecule has 0 spiro atoms. The third-order valence-electron chi connectivity index (χ3n) is 9.35. The predicted octanol–water partition coefficient (Wildman–Crippen LogP) is 6.75. The van der Waals surface area contributed by atoms with Crippen LogP contribution in [-0.4, -0.2) is 11.2 Å². The number of allylic oxidation sites excluding steroid dienone is 3. The van der Waals surface area contributed by atoms with Gasteiger partial charge < -0.3 is 9.52 Å². The molecule has 2 saturated carbocycles. The van der Waals surface area contributed by atoms with Crippen LogP contribution < -0.4 is 0 Å². The number of benzene rings is 1. The highest BCUT2D eigenvalue weighted by molar-refractivity contribution is 5.83. The smallest absolute Gasteiger partial charge is 0.134 e. The first-order chi connectivity index (χ1) is 14.0. The fourth-order valence-electron chi connectivity index (χ4n) is 7.71. The van der Waals surface area contributed by atoms with E-state index in [1.807, 2.05) is 0 Å². The first-order valence-electron chi connectivity index (χ1n) is 11.6. The largest absolute Gasteiger partial charge is 0.456 e. The van der Waals surface area contributed by atoms with Gasteiger partial charge in [-0.05, 0) is 91.2 Å². The Morgan fingerprint density at radius 1 is 0.966 bits per heavy atom. The Bertz CT molecular complexity index is 993. The molecule has 6 rings (SSSR count). The van der Waals surface area contributed by atoms with Crippen molar-refractivity contribution in [2.24, 2.45) is 28.6 Å². The molecule has 1 N–H and O–H groups in total. The van der Waals surface area contributed by atoms with E-state index >= 15 is 0 Å². The molecule has 29 heavy (non-hydrogen) atoms. The Kier molecular flexibility index (Phi) is 3.79. The Morgan fingerprint density at radius 2 is 1.79 bits per heavy atom. The Hall–Kier alpha value is -1.80. The van der Waals surface area contributed by atoms with Crippen molar-refractivity contribution in [1.29, 1.82) is 0 Å². The van der Waals surface area contributed by atoms with E-state index in [9.17, 15) is 5.11 Å². The summed E-state index contributed by atoms with van der Waals surface area (Å²) in [5.41, 5.74) is 4.56. The fourth-order valence-corrected chi connectivity index (χ4v) is 7.71. The number of aliphatic hydroxyl groups excluding tert-OH is 1. The lowest BCUT2D eigenvalue weighted by Crippen LogP contribution is -2.49. The second-order valence-electron chi connectivity index (χ2n) is 10.6. The molecule has 0 amide bonds. The maximum Gasteiger partial charge on any atom is 0.134 e. The number of fused-ring (bicyclic) bond motifs is 6. The Morgan fingerprint density at radius 3 is 2.66 bits per heavy atom. The molecule has 0 radical (unpaired) electrons. The SMILES string of the molecule is C[C@]12CC[C@H](O)CC1=CC[C@@H]1[C@@H]2CC[C@]2(C)C(c3cc4ccccc4o3)=CC[C@@H]12. The molecule has 6 atom stereocenters. The molecule has 4 aliphatic rings. The molecule has 0 saturated heterocycles. The minimum atomic E-state index is -0.118. The third kappa shape index (κ3) is 2.45. The molecule has 4 aliphatic carbocycles. The van der Waals surface area contributed by atoms with E-state index in [-0.39, 0.29) is 11.5 Å². The minimum absolute atomic E-state index is 0.118. The average Bonchev–Trinajstić information content (AvgIpc) is 3.28. The highest BCUT2D eigenvalue weighted by Gasteiger charge is 2.57. The minimum Gasteiger partial charge on any atom is -0.456 e. The fraction of sp³-hybridized carbons (Fsp3) is 0.556. The summed E-state index contributed by atoms with van der Waals surface area (Å²) >= 11 is 0. The van der Waals surface area contributed by atoms with Crippen molar-refractivity contribution in [3.8, 4) is 0 Å². The topological polar surface area (TPSA) is 33.4 Å². The molecule has 0 unspecified atom stereocenters. The highest BCUT2D eigenvalue weighted by atomic mass is 16.3. The van der Waals surface area contributed by atoms with Gasteiger partial charge in [0.2, 0.25) is 0 Å². The maximum atomic E-state index is 10.2. The van der Waals surface area contributed by atoms with Crippen LogP contribution in [-0.2, 0) is 0 Å². The molecule has 1 heterocycles. The van der Waals surface area contributed by atoms with Crippen molar-refractivity contribution in [3.63, 3.8) is 0 Å². The van der Waals surface area contributed by atoms with Crippen LogP contribution in [0, 0.1) is 28.6 Å². The highest BCUT2D eigenvalue weighted by Crippen LogP contribution is 2.66. The molecule has 0 aliphatic heterocycles. The second-order valence-corrected chi connectivity index (χ2v) is 10.6. The van der Waals surface area contributed by atoms with Crippen LogP contribution in [0.5, 0.6) is 0 Å². The average molecular weight is 389 g/mol. The van der Waals surface area contributed by atoms with Crippen LogP contribution in [0.3, 0.4) is 0 Å². The van der Waals surface area contributed by atoms with E-state index in [4.69, 9.17) is 4.42 Å². The summed E-state index contributed by atoms with van der Waals surface area (Å²) < 4.78 is 6.31. The summed E-state index contributed by atoms with van der Waals surface area (Å²) in [7, 11) is 0. The first-order valence-corrected chi connectivity index (χ1v) is 11.6. The summed E-state index contributed by atoms with van der Waals surface area (Å²) in [6.07, 6.45) is 12.9. The van der Waals surface area contributed by atoms with Crippen LogP contribution in [0.2, 0.25) is 0 Å². The van der Waals surface area contributed by atoms with Crippen LogP contribution in [0.1, 0.15) is 64.6 Å². The lowest BCUT2D eigenvalue weighted by atomic mass is 9.47. The van der Waals surface area contributed by atoms with Gasteiger partial charge in [0.1, 0.15) is 11.3 Å². The van der Waals surface area contributed by atoms with Crippen LogP contribution in [0.25, 0.3) is 16.5 Å². The van der Waals surface area contributed by atoms with Gasteiger partial charge in [-0.25, -0.2) is 0 Å². The zero-order valence-corrected chi connectivity index (χ0v) is 17.7. The number of rotatable bonds is 1. The van der Waals surface area contributed by atoms with E-state index in [2.05, 4.69) is 56.3 Å². The molecule has 1 aromatic carbocycles. The summed E-state index contributed by atoms with van der Waals surface area (Å²) in [5.74, 6) is 3.34. The molecule has 2 aromatic rings. The number of aliphatic hydroxyl groups is 1. The molecule has 2 heteroatoms. The monoisotopic (exact) mass is 388 g/mol. The van der Waals surface area contributed by atoms with Gasteiger partial charge in [0.25, 0.3) is 0 Å². The number of hydrogen-bond donors (Lipinski definition) is 1. The maximum absolute atomic E-state index is 10.2. The molecule has 0 bridgehead atoms. The molecule has 2 nitrogen and oxygen atoms in total. The summed E-state index contributed by atoms with van der Waals surface area (Å²) in [4.78, 5) is 0. The molecule has 2 fully saturated rings. The summed E-state index contributed by atoms with van der Waals surface area (Å²) in [5, 5.41) is 11.4. The van der Waals surface area contributed by atoms with Crippen LogP contribution >= 0.6 is 0 Å². The zero-order chi connectivity index (χ0) is 19.8. The number of hydrogen-bond acceptors (Lipinski definition) is 2. The number of para-hydroxylation sites is 1. The molecule has 1 aromatic heterocycles. The Balaban J connectivity index is 1.34.